The van der Waals surface area contributed by atoms with Crippen molar-refractivity contribution in [1.82, 2.24) is 30.0 Å². The number of piperidine rings is 1. The maximum atomic E-state index is 10.4. The molecule has 5 rings (SSSR count). The van der Waals surface area contributed by atoms with E-state index in [0.29, 0.717) is 29.4 Å². The molecule has 3 atom stereocenters. The maximum Gasteiger partial charge on any atom is 0.335 e. The zero-order valence-electron chi connectivity index (χ0n) is 14.7. The predicted octanol–water partition coefficient (Wildman–Crippen LogP) is 2.09. The number of imidazole rings is 1. The van der Waals surface area contributed by atoms with Crippen molar-refractivity contribution < 1.29 is 9.84 Å². The van der Waals surface area contributed by atoms with Crippen LogP contribution >= 0.6 is 0 Å². The van der Waals surface area contributed by atoms with Gasteiger partial charge in [-0.05, 0) is 37.8 Å². The molecule has 1 aromatic carbocycles. The van der Waals surface area contributed by atoms with E-state index in [0.717, 1.165) is 18.5 Å². The zero-order valence-corrected chi connectivity index (χ0v) is 14.7. The van der Waals surface area contributed by atoms with Gasteiger partial charge in [0.05, 0.1) is 18.2 Å². The SMILES string of the molecule is Oc1cc(-n2ccnc2)ccc1-c1cnc(OC2CC3CC[C@@H](C2)N3)nn1. The summed E-state index contributed by atoms with van der Waals surface area (Å²) in [7, 11) is 0. The minimum atomic E-state index is 0.112. The van der Waals surface area contributed by atoms with Crippen molar-refractivity contribution in [1.29, 1.82) is 0 Å². The number of benzene rings is 1. The van der Waals surface area contributed by atoms with Gasteiger partial charge in [0.15, 0.2) is 0 Å². The molecule has 2 aliphatic heterocycles. The van der Waals surface area contributed by atoms with Gasteiger partial charge in [-0.25, -0.2) is 9.97 Å². The Labute approximate surface area is 156 Å². The van der Waals surface area contributed by atoms with Crippen LogP contribution in [-0.2, 0) is 0 Å². The monoisotopic (exact) mass is 364 g/mol. The number of phenolic OH excluding ortho intramolecular Hbond substituents is 1. The molecule has 2 unspecified atom stereocenters. The van der Waals surface area contributed by atoms with Gasteiger partial charge in [-0.15, -0.1) is 5.10 Å². The Hall–Kier alpha value is -3.00. The number of ether oxygens (including phenoxy) is 1. The Morgan fingerprint density at radius 1 is 1.15 bits per heavy atom. The molecule has 0 spiro atoms. The molecule has 4 heterocycles. The fraction of sp³-hybridized carbons (Fsp3) is 0.368. The van der Waals surface area contributed by atoms with E-state index in [2.05, 4.69) is 25.5 Å². The van der Waals surface area contributed by atoms with Crippen molar-refractivity contribution >= 4 is 0 Å². The lowest BCUT2D eigenvalue weighted by atomic mass is 10.0. The molecule has 27 heavy (non-hydrogen) atoms. The number of nitrogens with one attached hydrogen (secondary N) is 1. The minimum Gasteiger partial charge on any atom is -0.507 e. The molecule has 2 saturated heterocycles. The summed E-state index contributed by atoms with van der Waals surface area (Å²) < 4.78 is 7.74. The lowest BCUT2D eigenvalue weighted by Gasteiger charge is -2.28. The van der Waals surface area contributed by atoms with Crippen LogP contribution in [0.5, 0.6) is 11.8 Å². The average molecular weight is 364 g/mol. The molecular weight excluding hydrogens is 344 g/mol. The Morgan fingerprint density at radius 3 is 2.67 bits per heavy atom. The van der Waals surface area contributed by atoms with Crippen molar-refractivity contribution in [3.05, 3.63) is 43.1 Å². The van der Waals surface area contributed by atoms with Crippen molar-refractivity contribution in [2.75, 3.05) is 0 Å². The highest BCUT2D eigenvalue weighted by molar-refractivity contribution is 5.67. The summed E-state index contributed by atoms with van der Waals surface area (Å²) in [6, 6.07) is 6.72. The van der Waals surface area contributed by atoms with Crippen molar-refractivity contribution in [3.63, 3.8) is 0 Å². The second kappa shape index (κ2) is 6.62. The highest BCUT2D eigenvalue weighted by Gasteiger charge is 2.34. The van der Waals surface area contributed by atoms with E-state index in [-0.39, 0.29) is 11.9 Å². The van der Waals surface area contributed by atoms with E-state index in [4.69, 9.17) is 4.74 Å². The molecular formula is C19H20N6O2. The first-order valence-corrected chi connectivity index (χ1v) is 9.19. The molecule has 0 amide bonds. The Kier molecular flexibility index (Phi) is 3.97. The quantitative estimate of drug-likeness (QED) is 0.731. The summed E-state index contributed by atoms with van der Waals surface area (Å²) in [5.41, 5.74) is 1.89. The van der Waals surface area contributed by atoms with E-state index in [1.807, 2.05) is 16.8 Å². The number of aromatic nitrogens is 5. The Morgan fingerprint density at radius 2 is 2.00 bits per heavy atom. The van der Waals surface area contributed by atoms with Crippen molar-refractivity contribution in [3.8, 4) is 28.7 Å². The van der Waals surface area contributed by atoms with Crippen LogP contribution in [0.3, 0.4) is 0 Å². The molecule has 0 saturated carbocycles. The number of aromatic hydroxyl groups is 1. The van der Waals surface area contributed by atoms with Crippen LogP contribution in [0.1, 0.15) is 25.7 Å². The van der Waals surface area contributed by atoms with Gasteiger partial charge < -0.3 is 19.7 Å². The number of hydrogen-bond donors (Lipinski definition) is 2. The molecule has 8 heteroatoms. The second-order valence-electron chi connectivity index (χ2n) is 7.15. The van der Waals surface area contributed by atoms with Gasteiger partial charge in [-0.1, -0.05) is 5.10 Å². The summed E-state index contributed by atoms with van der Waals surface area (Å²) in [4.78, 5) is 8.30. The van der Waals surface area contributed by atoms with Gasteiger partial charge in [0.1, 0.15) is 17.5 Å². The van der Waals surface area contributed by atoms with Crippen LogP contribution in [0.4, 0.5) is 0 Å². The first-order valence-electron chi connectivity index (χ1n) is 9.19. The Bertz CT molecular complexity index is 916. The van der Waals surface area contributed by atoms with Crippen molar-refractivity contribution in [2.45, 2.75) is 43.9 Å². The molecule has 3 aromatic rings. The fourth-order valence-electron chi connectivity index (χ4n) is 4.00. The molecule has 0 aliphatic carbocycles. The van der Waals surface area contributed by atoms with Crippen molar-refractivity contribution in [2.24, 2.45) is 0 Å². The highest BCUT2D eigenvalue weighted by atomic mass is 16.5. The van der Waals surface area contributed by atoms with Gasteiger partial charge in [0.2, 0.25) is 0 Å². The summed E-state index contributed by atoms with van der Waals surface area (Å²) in [6.07, 6.45) is 11.3. The first kappa shape index (κ1) is 16.2. The molecule has 2 bridgehead atoms. The van der Waals surface area contributed by atoms with Crippen LogP contribution in [0.15, 0.2) is 43.1 Å². The van der Waals surface area contributed by atoms with E-state index in [1.54, 1.807) is 30.9 Å². The third kappa shape index (κ3) is 3.23. The van der Waals surface area contributed by atoms with E-state index in [1.165, 1.54) is 12.8 Å². The highest BCUT2D eigenvalue weighted by Crippen LogP contribution is 2.31. The average Bonchev–Trinajstić information content (AvgIpc) is 3.32. The van der Waals surface area contributed by atoms with Crippen LogP contribution in [0, 0.1) is 0 Å². The van der Waals surface area contributed by atoms with E-state index < -0.39 is 0 Å². The largest absolute Gasteiger partial charge is 0.507 e. The molecule has 2 aliphatic rings. The predicted molar refractivity (Wildman–Crippen MR) is 97.6 cm³/mol. The maximum absolute atomic E-state index is 10.4. The smallest absolute Gasteiger partial charge is 0.335 e. The summed E-state index contributed by atoms with van der Waals surface area (Å²) in [5.74, 6) is 0.112. The van der Waals surface area contributed by atoms with Crippen LogP contribution in [-0.4, -0.2) is 48.0 Å². The lowest BCUT2D eigenvalue weighted by Crippen LogP contribution is -2.42. The van der Waals surface area contributed by atoms with E-state index >= 15 is 0 Å². The third-order valence-corrected chi connectivity index (χ3v) is 5.30. The number of nitrogens with zero attached hydrogens (tertiary/aromatic N) is 5. The van der Waals surface area contributed by atoms with Crippen LogP contribution < -0.4 is 10.1 Å². The van der Waals surface area contributed by atoms with Gasteiger partial charge >= 0.3 is 6.01 Å². The van der Waals surface area contributed by atoms with Gasteiger partial charge in [0.25, 0.3) is 0 Å². The molecule has 0 radical (unpaired) electrons. The number of hydrogen-bond acceptors (Lipinski definition) is 7. The number of fused-ring (bicyclic) bond motifs is 2. The normalized spacial score (nSPS) is 24.1. The summed E-state index contributed by atoms with van der Waals surface area (Å²) >= 11 is 0. The summed E-state index contributed by atoms with van der Waals surface area (Å²) in [6.45, 7) is 0. The van der Waals surface area contributed by atoms with Gasteiger partial charge in [0, 0.05) is 36.1 Å². The zero-order chi connectivity index (χ0) is 18.2. The Balaban J connectivity index is 1.31. The van der Waals surface area contributed by atoms with Crippen LogP contribution in [0.25, 0.3) is 16.9 Å². The minimum absolute atomic E-state index is 0.112. The van der Waals surface area contributed by atoms with Gasteiger partial charge in [-0.3, -0.25) is 0 Å². The molecule has 2 fully saturated rings. The number of rotatable bonds is 4. The standard InChI is InChI=1S/C19H20N6O2/c26-18-9-14(25-6-5-20-11-25)3-4-16(18)17-10-21-19(24-23-17)27-15-7-12-1-2-13(8-15)22-12/h3-6,9-13,15,22,26H,1-2,7-8H2/t12-,13?,15?/m0/s1. The second-order valence-corrected chi connectivity index (χ2v) is 7.15. The molecule has 138 valence electrons. The first-order chi connectivity index (χ1) is 13.2. The third-order valence-electron chi connectivity index (χ3n) is 5.30. The molecule has 2 aromatic heterocycles. The fourth-order valence-corrected chi connectivity index (χ4v) is 4.00. The molecule has 8 nitrogen and oxygen atoms in total. The van der Waals surface area contributed by atoms with E-state index in [9.17, 15) is 5.11 Å². The molecule has 2 N–H and O–H groups in total. The van der Waals surface area contributed by atoms with Crippen LogP contribution in [0.2, 0.25) is 0 Å². The number of phenols is 1. The lowest BCUT2D eigenvalue weighted by molar-refractivity contribution is 0.124. The topological polar surface area (TPSA) is 98.0 Å². The summed E-state index contributed by atoms with van der Waals surface area (Å²) in [5, 5.41) is 22.3. The van der Waals surface area contributed by atoms with Gasteiger partial charge in [-0.2, -0.15) is 0 Å².